The third-order valence-electron chi connectivity index (χ3n) is 3.08. The highest BCUT2D eigenvalue weighted by Crippen LogP contribution is 2.28. The molecule has 1 heterocycles. The van der Waals surface area contributed by atoms with E-state index in [4.69, 9.17) is 10.5 Å². The number of hydrogen-bond acceptors (Lipinski definition) is 5. The molecule has 0 fully saturated rings. The van der Waals surface area contributed by atoms with Crippen LogP contribution in [0, 0.1) is 6.92 Å². The number of phenols is 1. The van der Waals surface area contributed by atoms with Crippen LogP contribution in [0.4, 0.5) is 5.69 Å². The van der Waals surface area contributed by atoms with Gasteiger partial charge < -0.3 is 20.9 Å². The summed E-state index contributed by atoms with van der Waals surface area (Å²) in [6, 6.07) is 4.72. The Morgan fingerprint density at radius 3 is 2.78 bits per heavy atom. The van der Waals surface area contributed by atoms with Gasteiger partial charge in [-0.3, -0.25) is 9.59 Å². The van der Waals surface area contributed by atoms with Crippen molar-refractivity contribution in [1.29, 1.82) is 0 Å². The SMILES string of the molecule is COc1cc(C=CC(=O)Nc2c(C)csc2C(N)=O)ccc1O. The van der Waals surface area contributed by atoms with E-state index in [1.807, 2.05) is 0 Å². The molecule has 6 nitrogen and oxygen atoms in total. The Balaban J connectivity index is 2.14. The molecule has 2 rings (SSSR count). The van der Waals surface area contributed by atoms with Crippen molar-refractivity contribution < 1.29 is 19.4 Å². The van der Waals surface area contributed by atoms with Crippen LogP contribution in [0.25, 0.3) is 6.08 Å². The van der Waals surface area contributed by atoms with Crippen molar-refractivity contribution in [2.45, 2.75) is 6.92 Å². The summed E-state index contributed by atoms with van der Waals surface area (Å²) in [5.74, 6) is -0.627. The average Bonchev–Trinajstić information content (AvgIpc) is 2.87. The number of methoxy groups -OCH3 is 1. The van der Waals surface area contributed by atoms with Gasteiger partial charge >= 0.3 is 0 Å². The highest BCUT2D eigenvalue weighted by molar-refractivity contribution is 7.12. The number of nitrogens with two attached hydrogens (primary N) is 1. The molecule has 4 N–H and O–H groups in total. The quantitative estimate of drug-likeness (QED) is 0.732. The van der Waals surface area contributed by atoms with Gasteiger partial charge in [-0.1, -0.05) is 6.07 Å². The van der Waals surface area contributed by atoms with Crippen molar-refractivity contribution in [3.05, 3.63) is 45.7 Å². The number of carbonyl (C=O) groups is 2. The van der Waals surface area contributed by atoms with Gasteiger partial charge in [0.25, 0.3) is 5.91 Å². The average molecular weight is 332 g/mol. The molecule has 0 unspecified atom stereocenters. The maximum atomic E-state index is 12.0. The fourth-order valence-electron chi connectivity index (χ4n) is 1.92. The van der Waals surface area contributed by atoms with Gasteiger partial charge in [0.15, 0.2) is 11.5 Å². The molecule has 0 saturated heterocycles. The minimum absolute atomic E-state index is 0.0223. The molecular weight excluding hydrogens is 316 g/mol. The van der Waals surface area contributed by atoms with Crippen molar-refractivity contribution in [3.63, 3.8) is 0 Å². The Kier molecular flexibility index (Phi) is 5.02. The number of nitrogens with one attached hydrogen (secondary N) is 1. The molecule has 0 aliphatic heterocycles. The molecule has 120 valence electrons. The molecule has 23 heavy (non-hydrogen) atoms. The first kappa shape index (κ1) is 16.6. The lowest BCUT2D eigenvalue weighted by atomic mass is 10.2. The van der Waals surface area contributed by atoms with E-state index in [1.54, 1.807) is 30.5 Å². The molecule has 0 spiro atoms. The lowest BCUT2D eigenvalue weighted by molar-refractivity contribution is -0.111. The molecule has 0 saturated carbocycles. The van der Waals surface area contributed by atoms with Crippen LogP contribution in [-0.4, -0.2) is 24.0 Å². The predicted octanol–water partition coefficient (Wildman–Crippen LogP) is 2.52. The third kappa shape index (κ3) is 3.89. The van der Waals surface area contributed by atoms with Crippen LogP contribution < -0.4 is 15.8 Å². The lowest BCUT2D eigenvalue weighted by Crippen LogP contribution is -2.15. The summed E-state index contributed by atoms with van der Waals surface area (Å²) in [5.41, 5.74) is 7.17. The molecule has 0 aliphatic carbocycles. The Hall–Kier alpha value is -2.80. The van der Waals surface area contributed by atoms with Crippen molar-refractivity contribution in [2.24, 2.45) is 5.73 Å². The number of phenolic OH excluding ortho intramolecular Hbond substituents is 1. The van der Waals surface area contributed by atoms with Gasteiger partial charge in [-0.15, -0.1) is 11.3 Å². The number of carbonyl (C=O) groups excluding carboxylic acids is 2. The van der Waals surface area contributed by atoms with E-state index in [0.29, 0.717) is 21.9 Å². The summed E-state index contributed by atoms with van der Waals surface area (Å²) in [6.45, 7) is 1.78. The number of amides is 2. The molecule has 0 radical (unpaired) electrons. The number of thiophene rings is 1. The van der Waals surface area contributed by atoms with Crippen LogP contribution in [0.3, 0.4) is 0 Å². The van der Waals surface area contributed by atoms with E-state index in [9.17, 15) is 14.7 Å². The Morgan fingerprint density at radius 1 is 1.39 bits per heavy atom. The Labute approximate surface area is 137 Å². The number of rotatable bonds is 5. The van der Waals surface area contributed by atoms with Crippen LogP contribution >= 0.6 is 11.3 Å². The summed E-state index contributed by atoms with van der Waals surface area (Å²) in [5, 5.41) is 13.9. The second-order valence-electron chi connectivity index (χ2n) is 4.74. The van der Waals surface area contributed by atoms with E-state index < -0.39 is 5.91 Å². The van der Waals surface area contributed by atoms with Crippen molar-refractivity contribution in [3.8, 4) is 11.5 Å². The number of aryl methyl sites for hydroxylation is 1. The second-order valence-corrected chi connectivity index (χ2v) is 5.62. The maximum absolute atomic E-state index is 12.0. The van der Waals surface area contributed by atoms with Crippen LogP contribution in [0.15, 0.2) is 29.7 Å². The van der Waals surface area contributed by atoms with Gasteiger partial charge in [-0.25, -0.2) is 0 Å². The molecular formula is C16H16N2O4S. The number of aromatic hydroxyl groups is 1. The summed E-state index contributed by atoms with van der Waals surface area (Å²) >= 11 is 1.19. The third-order valence-corrected chi connectivity index (χ3v) is 4.19. The van der Waals surface area contributed by atoms with Crippen molar-refractivity contribution >= 4 is 34.9 Å². The van der Waals surface area contributed by atoms with Gasteiger partial charge in [-0.2, -0.15) is 0 Å². The van der Waals surface area contributed by atoms with Gasteiger partial charge in [0.1, 0.15) is 4.88 Å². The molecule has 1 aromatic carbocycles. The highest BCUT2D eigenvalue weighted by atomic mass is 32.1. The summed E-state index contributed by atoms with van der Waals surface area (Å²) in [7, 11) is 1.44. The highest BCUT2D eigenvalue weighted by Gasteiger charge is 2.14. The Morgan fingerprint density at radius 2 is 2.13 bits per heavy atom. The summed E-state index contributed by atoms with van der Waals surface area (Å²) in [4.78, 5) is 23.6. The zero-order chi connectivity index (χ0) is 17.0. The minimum Gasteiger partial charge on any atom is -0.504 e. The zero-order valence-corrected chi connectivity index (χ0v) is 13.4. The maximum Gasteiger partial charge on any atom is 0.260 e. The number of anilines is 1. The molecule has 7 heteroatoms. The lowest BCUT2D eigenvalue weighted by Gasteiger charge is -2.05. The fraction of sp³-hybridized carbons (Fsp3) is 0.125. The molecule has 0 atom stereocenters. The number of ether oxygens (including phenoxy) is 1. The molecule has 1 aromatic heterocycles. The zero-order valence-electron chi connectivity index (χ0n) is 12.6. The first-order chi connectivity index (χ1) is 10.9. The summed E-state index contributed by atoms with van der Waals surface area (Å²) in [6.07, 6.45) is 2.90. The van der Waals surface area contributed by atoms with E-state index in [2.05, 4.69) is 5.32 Å². The number of hydrogen-bond donors (Lipinski definition) is 3. The van der Waals surface area contributed by atoms with E-state index in [0.717, 1.165) is 5.56 Å². The first-order valence-electron chi connectivity index (χ1n) is 6.66. The predicted molar refractivity (Wildman–Crippen MR) is 89.9 cm³/mol. The molecule has 2 aromatic rings. The van der Waals surface area contributed by atoms with E-state index in [1.165, 1.54) is 30.6 Å². The number of primary amides is 1. The minimum atomic E-state index is -0.578. The van der Waals surface area contributed by atoms with Crippen LogP contribution in [0.1, 0.15) is 20.8 Å². The van der Waals surface area contributed by atoms with Crippen LogP contribution in [-0.2, 0) is 4.79 Å². The second kappa shape index (κ2) is 6.97. The standard InChI is InChI=1S/C16H16N2O4S/c1-9-8-23-15(16(17)21)14(9)18-13(20)6-4-10-3-5-11(19)12(7-10)22-2/h3-8,19H,1-2H3,(H2,17,21)(H,18,20). The van der Waals surface area contributed by atoms with E-state index in [-0.39, 0.29) is 11.7 Å². The topological polar surface area (TPSA) is 102 Å². The normalized spacial score (nSPS) is 10.7. The molecule has 0 bridgehead atoms. The summed E-state index contributed by atoms with van der Waals surface area (Å²) < 4.78 is 5.00. The van der Waals surface area contributed by atoms with Gasteiger partial charge in [-0.05, 0) is 41.6 Å². The Bertz CT molecular complexity index is 780. The van der Waals surface area contributed by atoms with Gasteiger partial charge in [0.05, 0.1) is 12.8 Å². The van der Waals surface area contributed by atoms with Gasteiger partial charge in [0.2, 0.25) is 5.91 Å². The van der Waals surface area contributed by atoms with Gasteiger partial charge in [0, 0.05) is 6.08 Å². The van der Waals surface area contributed by atoms with E-state index >= 15 is 0 Å². The molecule has 2 amide bonds. The monoisotopic (exact) mass is 332 g/mol. The van der Waals surface area contributed by atoms with Crippen LogP contribution in [0.2, 0.25) is 0 Å². The number of benzene rings is 1. The smallest absolute Gasteiger partial charge is 0.260 e. The van der Waals surface area contributed by atoms with Crippen molar-refractivity contribution in [1.82, 2.24) is 0 Å². The fourth-order valence-corrected chi connectivity index (χ4v) is 2.77. The van der Waals surface area contributed by atoms with Crippen LogP contribution in [0.5, 0.6) is 11.5 Å². The largest absolute Gasteiger partial charge is 0.504 e. The van der Waals surface area contributed by atoms with Crippen molar-refractivity contribution in [2.75, 3.05) is 12.4 Å². The first-order valence-corrected chi connectivity index (χ1v) is 7.54. The molecule has 0 aliphatic rings.